The van der Waals surface area contributed by atoms with Crippen molar-refractivity contribution in [2.75, 3.05) is 5.32 Å². The Balaban J connectivity index is 2.25. The van der Waals surface area contributed by atoms with Crippen LogP contribution in [0.2, 0.25) is 5.22 Å². The van der Waals surface area contributed by atoms with Gasteiger partial charge >= 0.3 is 0 Å². The molecular formula is C11H6BrClN2O4. The van der Waals surface area contributed by atoms with Gasteiger partial charge in [-0.1, -0.05) is 0 Å². The first kappa shape index (κ1) is 13.6. The number of rotatable bonds is 3. The summed E-state index contributed by atoms with van der Waals surface area (Å²) in [4.78, 5) is 22.0. The summed E-state index contributed by atoms with van der Waals surface area (Å²) in [7, 11) is 0. The summed E-state index contributed by atoms with van der Waals surface area (Å²) in [6.07, 6.45) is 1.28. The van der Waals surface area contributed by atoms with Gasteiger partial charge in [0.1, 0.15) is 0 Å². The minimum absolute atomic E-state index is 0.0379. The van der Waals surface area contributed by atoms with Gasteiger partial charge in [-0.05, 0) is 45.7 Å². The summed E-state index contributed by atoms with van der Waals surface area (Å²) in [5, 5.41) is 13.2. The summed E-state index contributed by atoms with van der Waals surface area (Å²) in [5.74, 6) is -0.504. The maximum atomic E-state index is 11.8. The van der Waals surface area contributed by atoms with Crippen LogP contribution in [0.1, 0.15) is 10.4 Å². The second kappa shape index (κ2) is 5.41. The molecule has 0 fully saturated rings. The lowest BCUT2D eigenvalue weighted by molar-refractivity contribution is -0.385. The number of nitrogens with one attached hydrogen (secondary N) is 1. The lowest BCUT2D eigenvalue weighted by Crippen LogP contribution is -2.11. The maximum absolute atomic E-state index is 11.8. The van der Waals surface area contributed by atoms with Crippen LogP contribution in [0, 0.1) is 10.1 Å². The number of anilines is 1. The van der Waals surface area contributed by atoms with E-state index >= 15 is 0 Å². The largest absolute Gasteiger partial charge is 0.452 e. The van der Waals surface area contributed by atoms with E-state index in [0.717, 1.165) is 0 Å². The number of nitrogens with zero attached hydrogens (tertiary/aromatic N) is 1. The molecule has 2 aromatic rings. The Morgan fingerprint density at radius 2 is 2.16 bits per heavy atom. The number of hydrogen-bond acceptors (Lipinski definition) is 4. The molecule has 0 unspecified atom stereocenters. The number of halogens is 2. The van der Waals surface area contributed by atoms with E-state index < -0.39 is 10.8 Å². The van der Waals surface area contributed by atoms with Gasteiger partial charge in [-0.3, -0.25) is 14.9 Å². The molecule has 0 saturated carbocycles. The minimum Gasteiger partial charge on any atom is -0.452 e. The summed E-state index contributed by atoms with van der Waals surface area (Å²) >= 11 is 8.72. The third-order valence-corrected chi connectivity index (χ3v) is 3.23. The molecule has 1 aromatic heterocycles. The highest BCUT2D eigenvalue weighted by Gasteiger charge is 2.16. The lowest BCUT2D eigenvalue weighted by Gasteiger charge is -2.04. The first-order valence-corrected chi connectivity index (χ1v) is 6.14. The Morgan fingerprint density at radius 3 is 2.74 bits per heavy atom. The fourth-order valence-corrected chi connectivity index (χ4v) is 1.98. The molecule has 6 nitrogen and oxygen atoms in total. The average molecular weight is 346 g/mol. The van der Waals surface area contributed by atoms with Gasteiger partial charge in [0.25, 0.3) is 11.6 Å². The molecule has 0 radical (unpaired) electrons. The van der Waals surface area contributed by atoms with Crippen molar-refractivity contribution in [2.24, 2.45) is 0 Å². The quantitative estimate of drug-likeness (QED) is 0.676. The number of benzene rings is 1. The molecule has 0 bridgehead atoms. The fourth-order valence-electron chi connectivity index (χ4n) is 1.38. The van der Waals surface area contributed by atoms with Gasteiger partial charge < -0.3 is 9.73 Å². The van der Waals surface area contributed by atoms with Crippen molar-refractivity contribution in [3.05, 3.63) is 55.9 Å². The first-order valence-electron chi connectivity index (χ1n) is 4.97. The van der Waals surface area contributed by atoms with Crippen molar-refractivity contribution in [3.8, 4) is 0 Å². The molecular weight excluding hydrogens is 339 g/mol. The van der Waals surface area contributed by atoms with Crippen LogP contribution >= 0.6 is 27.5 Å². The summed E-state index contributed by atoms with van der Waals surface area (Å²) in [6, 6.07) is 5.66. The monoisotopic (exact) mass is 344 g/mol. The van der Waals surface area contributed by atoms with E-state index in [9.17, 15) is 14.9 Å². The van der Waals surface area contributed by atoms with Gasteiger partial charge in [-0.15, -0.1) is 0 Å². The highest BCUT2D eigenvalue weighted by atomic mass is 79.9. The maximum Gasteiger partial charge on any atom is 0.285 e. The zero-order chi connectivity index (χ0) is 14.0. The van der Waals surface area contributed by atoms with Gasteiger partial charge in [-0.2, -0.15) is 0 Å². The van der Waals surface area contributed by atoms with Gasteiger partial charge in [0.05, 0.1) is 21.2 Å². The molecule has 1 aromatic carbocycles. The van der Waals surface area contributed by atoms with Crippen molar-refractivity contribution in [1.82, 2.24) is 0 Å². The van der Waals surface area contributed by atoms with E-state index in [2.05, 4.69) is 21.2 Å². The fraction of sp³-hybridized carbons (Fsp3) is 0. The number of nitro groups is 1. The molecule has 1 amide bonds. The Kier molecular flexibility index (Phi) is 3.87. The number of amides is 1. The summed E-state index contributed by atoms with van der Waals surface area (Å²) in [5.41, 5.74) is 0.306. The highest BCUT2D eigenvalue weighted by molar-refractivity contribution is 9.10. The zero-order valence-corrected chi connectivity index (χ0v) is 11.6. The second-order valence-electron chi connectivity index (χ2n) is 3.49. The van der Waals surface area contributed by atoms with Crippen LogP contribution in [-0.2, 0) is 0 Å². The molecule has 0 saturated heterocycles. The lowest BCUT2D eigenvalue weighted by atomic mass is 10.2. The molecule has 0 aliphatic heterocycles. The van der Waals surface area contributed by atoms with E-state index in [4.69, 9.17) is 16.0 Å². The third kappa shape index (κ3) is 2.94. The summed E-state index contributed by atoms with van der Waals surface area (Å²) in [6.45, 7) is 0. The highest BCUT2D eigenvalue weighted by Crippen LogP contribution is 2.28. The average Bonchev–Trinajstić information content (AvgIpc) is 2.77. The predicted octanol–water partition coefficient (Wildman–Crippen LogP) is 3.86. The standard InChI is InChI=1S/C11H6BrClN2O4/c12-8-2-1-6(5-9(8)15(17)18)14-11(16)7-3-4-19-10(7)13/h1-5H,(H,14,16). The number of furan rings is 1. The number of nitro benzene ring substituents is 1. The predicted molar refractivity (Wildman–Crippen MR) is 72.5 cm³/mol. The molecule has 0 spiro atoms. The van der Waals surface area contributed by atoms with Crippen LogP contribution in [0.5, 0.6) is 0 Å². The molecule has 1 N–H and O–H groups in total. The second-order valence-corrected chi connectivity index (χ2v) is 4.68. The van der Waals surface area contributed by atoms with Crippen LogP contribution in [0.4, 0.5) is 11.4 Å². The zero-order valence-electron chi connectivity index (χ0n) is 9.22. The summed E-state index contributed by atoms with van der Waals surface area (Å²) < 4.78 is 5.12. The van der Waals surface area contributed by atoms with Gasteiger partial charge in [0.2, 0.25) is 5.22 Å². The van der Waals surface area contributed by atoms with E-state index in [0.29, 0.717) is 4.47 Å². The Morgan fingerprint density at radius 1 is 1.42 bits per heavy atom. The molecule has 0 aliphatic rings. The van der Waals surface area contributed by atoms with Gasteiger partial charge in [0, 0.05) is 11.8 Å². The number of carbonyl (C=O) groups excluding carboxylic acids is 1. The van der Waals surface area contributed by atoms with Crippen LogP contribution in [-0.4, -0.2) is 10.8 Å². The smallest absolute Gasteiger partial charge is 0.285 e. The molecule has 8 heteroatoms. The molecule has 19 heavy (non-hydrogen) atoms. The molecule has 0 aliphatic carbocycles. The first-order chi connectivity index (χ1) is 8.99. The molecule has 0 atom stereocenters. The van der Waals surface area contributed by atoms with Gasteiger partial charge in [-0.25, -0.2) is 0 Å². The van der Waals surface area contributed by atoms with Crippen molar-refractivity contribution >= 4 is 44.8 Å². The van der Waals surface area contributed by atoms with E-state index in [1.807, 2.05) is 0 Å². The van der Waals surface area contributed by atoms with Crippen LogP contribution < -0.4 is 5.32 Å². The van der Waals surface area contributed by atoms with Crippen molar-refractivity contribution < 1.29 is 14.1 Å². The molecule has 1 heterocycles. The van der Waals surface area contributed by atoms with Crippen molar-refractivity contribution in [1.29, 1.82) is 0 Å². The Labute approximate surface area is 120 Å². The van der Waals surface area contributed by atoms with E-state index in [1.54, 1.807) is 0 Å². The molecule has 2 rings (SSSR count). The topological polar surface area (TPSA) is 85.4 Å². The Bertz CT molecular complexity index is 656. The minimum atomic E-state index is -0.551. The van der Waals surface area contributed by atoms with E-state index in [-0.39, 0.29) is 22.2 Å². The van der Waals surface area contributed by atoms with E-state index in [1.165, 1.54) is 30.5 Å². The van der Waals surface area contributed by atoms with Crippen molar-refractivity contribution in [2.45, 2.75) is 0 Å². The van der Waals surface area contributed by atoms with Gasteiger partial charge in [0.15, 0.2) is 0 Å². The van der Waals surface area contributed by atoms with Crippen LogP contribution in [0.15, 0.2) is 39.4 Å². The van der Waals surface area contributed by atoms with Crippen LogP contribution in [0.25, 0.3) is 0 Å². The van der Waals surface area contributed by atoms with Crippen molar-refractivity contribution in [3.63, 3.8) is 0 Å². The van der Waals surface area contributed by atoms with Crippen LogP contribution in [0.3, 0.4) is 0 Å². The number of hydrogen-bond donors (Lipinski definition) is 1. The number of carbonyl (C=O) groups is 1. The normalized spacial score (nSPS) is 10.2. The Hall–Kier alpha value is -1.86. The third-order valence-electron chi connectivity index (χ3n) is 2.26. The molecule has 98 valence electrons. The SMILES string of the molecule is O=C(Nc1ccc(Br)c([N+](=O)[O-])c1)c1ccoc1Cl.